The minimum Gasteiger partial charge on any atom is -0.497 e. The van der Waals surface area contributed by atoms with Gasteiger partial charge in [-0.25, -0.2) is 0 Å². The molecule has 0 aliphatic carbocycles. The van der Waals surface area contributed by atoms with E-state index in [0.717, 1.165) is 30.4 Å². The van der Waals surface area contributed by atoms with Crippen LogP contribution in [0.2, 0.25) is 5.02 Å². The van der Waals surface area contributed by atoms with Crippen LogP contribution >= 0.6 is 11.6 Å². The minimum absolute atomic E-state index is 0.168. The maximum Gasteiger partial charge on any atom is 0.255 e. The van der Waals surface area contributed by atoms with Crippen LogP contribution in [-0.4, -0.2) is 26.1 Å². The summed E-state index contributed by atoms with van der Waals surface area (Å²) in [5, 5.41) is 3.56. The van der Waals surface area contributed by atoms with Crippen molar-refractivity contribution in [3.05, 3.63) is 53.1 Å². The highest BCUT2D eigenvalue weighted by Crippen LogP contribution is 2.32. The summed E-state index contributed by atoms with van der Waals surface area (Å²) >= 11 is 6.46. The molecule has 0 bridgehead atoms. The summed E-state index contributed by atoms with van der Waals surface area (Å²) < 4.78 is 5.11. The van der Waals surface area contributed by atoms with E-state index in [1.54, 1.807) is 31.4 Å². The van der Waals surface area contributed by atoms with Gasteiger partial charge in [0.15, 0.2) is 0 Å². The van der Waals surface area contributed by atoms with Crippen molar-refractivity contribution >= 4 is 28.9 Å². The van der Waals surface area contributed by atoms with E-state index in [2.05, 4.69) is 17.1 Å². The lowest BCUT2D eigenvalue weighted by atomic mass is 9.99. The van der Waals surface area contributed by atoms with Gasteiger partial charge in [-0.2, -0.15) is 0 Å². The third-order valence-electron chi connectivity index (χ3n) is 4.68. The summed E-state index contributed by atoms with van der Waals surface area (Å²) in [6, 6.07) is 12.7. The van der Waals surface area contributed by atoms with Crippen molar-refractivity contribution < 1.29 is 9.53 Å². The molecule has 3 rings (SSSR count). The molecule has 0 unspecified atom stereocenters. The van der Waals surface area contributed by atoms with E-state index in [0.29, 0.717) is 16.3 Å². The first-order valence-electron chi connectivity index (χ1n) is 8.56. The summed E-state index contributed by atoms with van der Waals surface area (Å²) in [5.74, 6) is 1.33. The molecule has 1 saturated heterocycles. The van der Waals surface area contributed by atoms with Crippen LogP contribution in [0.5, 0.6) is 5.75 Å². The lowest BCUT2D eigenvalue weighted by Crippen LogP contribution is -2.32. The Morgan fingerprint density at radius 2 is 1.84 bits per heavy atom. The quantitative estimate of drug-likeness (QED) is 0.850. The monoisotopic (exact) mass is 358 g/mol. The van der Waals surface area contributed by atoms with Crippen molar-refractivity contribution in [3.8, 4) is 5.75 Å². The molecule has 2 aromatic rings. The van der Waals surface area contributed by atoms with Crippen molar-refractivity contribution in [2.75, 3.05) is 30.4 Å². The number of piperidine rings is 1. The number of halogens is 1. The van der Waals surface area contributed by atoms with E-state index in [-0.39, 0.29) is 5.91 Å². The van der Waals surface area contributed by atoms with Crippen molar-refractivity contribution in [2.45, 2.75) is 19.8 Å². The molecule has 0 atom stereocenters. The van der Waals surface area contributed by atoms with Crippen LogP contribution in [0.1, 0.15) is 30.1 Å². The van der Waals surface area contributed by atoms with Gasteiger partial charge in [-0.1, -0.05) is 18.5 Å². The fraction of sp³-hybridized carbons (Fsp3) is 0.350. The molecule has 132 valence electrons. The van der Waals surface area contributed by atoms with E-state index in [4.69, 9.17) is 16.3 Å². The fourth-order valence-corrected chi connectivity index (χ4v) is 3.34. The third-order valence-corrected chi connectivity index (χ3v) is 4.98. The molecule has 2 aromatic carbocycles. The molecule has 5 heteroatoms. The zero-order valence-electron chi connectivity index (χ0n) is 14.6. The van der Waals surface area contributed by atoms with E-state index >= 15 is 0 Å². The van der Waals surface area contributed by atoms with Gasteiger partial charge in [0.1, 0.15) is 5.75 Å². The Kier molecular flexibility index (Phi) is 5.49. The zero-order valence-corrected chi connectivity index (χ0v) is 15.3. The van der Waals surface area contributed by atoms with Crippen LogP contribution < -0.4 is 15.0 Å². The van der Waals surface area contributed by atoms with Crippen molar-refractivity contribution in [1.82, 2.24) is 0 Å². The number of rotatable bonds is 4. The van der Waals surface area contributed by atoms with Crippen LogP contribution in [0, 0.1) is 5.92 Å². The van der Waals surface area contributed by atoms with Gasteiger partial charge in [-0.3, -0.25) is 4.79 Å². The lowest BCUT2D eigenvalue weighted by Gasteiger charge is -2.32. The van der Waals surface area contributed by atoms with E-state index < -0.39 is 0 Å². The summed E-state index contributed by atoms with van der Waals surface area (Å²) in [5.41, 5.74) is 2.31. The number of nitrogens with one attached hydrogen (secondary N) is 1. The van der Waals surface area contributed by atoms with Crippen molar-refractivity contribution in [1.29, 1.82) is 0 Å². The molecule has 1 fully saturated rings. The number of anilines is 2. The third kappa shape index (κ3) is 4.26. The van der Waals surface area contributed by atoms with Crippen LogP contribution in [0.15, 0.2) is 42.5 Å². The predicted molar refractivity (Wildman–Crippen MR) is 103 cm³/mol. The molecule has 1 amide bonds. The SMILES string of the molecule is COc1ccc(C(=O)Nc2ccc(N3CCC(C)CC3)c(Cl)c2)cc1. The molecule has 1 aliphatic rings. The second-order valence-electron chi connectivity index (χ2n) is 6.52. The predicted octanol–water partition coefficient (Wildman–Crippen LogP) is 4.84. The summed E-state index contributed by atoms with van der Waals surface area (Å²) in [7, 11) is 1.60. The molecule has 0 saturated carbocycles. The first-order valence-corrected chi connectivity index (χ1v) is 8.94. The van der Waals surface area contributed by atoms with Crippen LogP contribution in [0.25, 0.3) is 0 Å². The Hall–Kier alpha value is -2.20. The number of hydrogen-bond acceptors (Lipinski definition) is 3. The normalized spacial score (nSPS) is 15.1. The topological polar surface area (TPSA) is 41.6 Å². The molecule has 4 nitrogen and oxygen atoms in total. The molecule has 0 aromatic heterocycles. The van der Waals surface area contributed by atoms with E-state index in [1.807, 2.05) is 18.2 Å². The van der Waals surface area contributed by atoms with Gasteiger partial charge >= 0.3 is 0 Å². The molecule has 1 heterocycles. The lowest BCUT2D eigenvalue weighted by molar-refractivity contribution is 0.102. The highest BCUT2D eigenvalue weighted by molar-refractivity contribution is 6.33. The van der Waals surface area contributed by atoms with Gasteiger partial charge in [-0.15, -0.1) is 0 Å². The molecule has 0 spiro atoms. The van der Waals surface area contributed by atoms with Gasteiger partial charge in [0, 0.05) is 24.3 Å². The molecular formula is C20H23ClN2O2. The second kappa shape index (κ2) is 7.79. The molecule has 25 heavy (non-hydrogen) atoms. The maximum atomic E-state index is 12.3. The van der Waals surface area contributed by atoms with E-state index in [9.17, 15) is 4.79 Å². The average molecular weight is 359 g/mol. The first kappa shape index (κ1) is 17.6. The van der Waals surface area contributed by atoms with Crippen molar-refractivity contribution in [2.24, 2.45) is 5.92 Å². The summed E-state index contributed by atoms with van der Waals surface area (Å²) in [6.07, 6.45) is 2.37. The standard InChI is InChI=1S/C20H23ClN2O2/c1-14-9-11-23(12-10-14)19-8-5-16(13-18(19)21)22-20(24)15-3-6-17(25-2)7-4-15/h3-8,13-14H,9-12H2,1-2H3,(H,22,24). The van der Waals surface area contributed by atoms with Gasteiger partial charge in [0.25, 0.3) is 5.91 Å². The minimum atomic E-state index is -0.168. The van der Waals surface area contributed by atoms with Crippen LogP contribution in [0.4, 0.5) is 11.4 Å². The number of carbonyl (C=O) groups excluding carboxylic acids is 1. The Balaban J connectivity index is 1.68. The second-order valence-corrected chi connectivity index (χ2v) is 6.93. The molecular weight excluding hydrogens is 336 g/mol. The molecule has 0 radical (unpaired) electrons. The summed E-state index contributed by atoms with van der Waals surface area (Å²) in [6.45, 7) is 4.34. The highest BCUT2D eigenvalue weighted by Gasteiger charge is 2.18. The van der Waals surface area contributed by atoms with Crippen LogP contribution in [0.3, 0.4) is 0 Å². The Labute approximate surface area is 153 Å². The number of carbonyl (C=O) groups is 1. The first-order chi connectivity index (χ1) is 12.1. The number of methoxy groups -OCH3 is 1. The average Bonchev–Trinajstić information content (AvgIpc) is 2.63. The number of hydrogen-bond donors (Lipinski definition) is 1. The highest BCUT2D eigenvalue weighted by atomic mass is 35.5. The largest absolute Gasteiger partial charge is 0.497 e. The Bertz CT molecular complexity index is 738. The Morgan fingerprint density at radius 3 is 2.44 bits per heavy atom. The molecule has 1 aliphatic heterocycles. The van der Waals surface area contributed by atoms with Gasteiger partial charge in [0.2, 0.25) is 0 Å². The number of nitrogens with zero attached hydrogens (tertiary/aromatic N) is 1. The van der Waals surface area contributed by atoms with Crippen molar-refractivity contribution in [3.63, 3.8) is 0 Å². The Morgan fingerprint density at radius 1 is 1.16 bits per heavy atom. The smallest absolute Gasteiger partial charge is 0.255 e. The number of amides is 1. The number of ether oxygens (including phenoxy) is 1. The fourth-order valence-electron chi connectivity index (χ4n) is 3.04. The zero-order chi connectivity index (χ0) is 17.8. The number of benzene rings is 2. The molecule has 1 N–H and O–H groups in total. The van der Waals surface area contributed by atoms with Crippen LogP contribution in [-0.2, 0) is 0 Å². The van der Waals surface area contributed by atoms with E-state index in [1.165, 1.54) is 12.8 Å². The van der Waals surface area contributed by atoms with Gasteiger partial charge in [0.05, 0.1) is 17.8 Å². The summed E-state index contributed by atoms with van der Waals surface area (Å²) in [4.78, 5) is 14.7. The van der Waals surface area contributed by atoms with Gasteiger partial charge in [-0.05, 0) is 61.2 Å². The maximum absolute atomic E-state index is 12.3. The van der Waals surface area contributed by atoms with Gasteiger partial charge < -0.3 is 15.0 Å².